The van der Waals surface area contributed by atoms with Crippen LogP contribution >= 0.6 is 0 Å². The van der Waals surface area contributed by atoms with Crippen molar-refractivity contribution >= 4 is 27.1 Å². The average Bonchev–Trinajstić information content (AvgIpc) is 2.98. The zero-order chi connectivity index (χ0) is 18.4. The first kappa shape index (κ1) is 16.8. The van der Waals surface area contributed by atoms with Crippen molar-refractivity contribution in [2.24, 2.45) is 0 Å². The molecule has 0 aromatic heterocycles. The number of benzene rings is 2. The summed E-state index contributed by atoms with van der Waals surface area (Å²) >= 11 is 0. The van der Waals surface area contributed by atoms with Gasteiger partial charge in [-0.05, 0) is 25.0 Å². The number of rotatable bonds is 4. The van der Waals surface area contributed by atoms with Gasteiger partial charge in [0.25, 0.3) is 21.4 Å². The number of nitro benzene ring substituents is 2. The summed E-state index contributed by atoms with van der Waals surface area (Å²) in [5, 5.41) is 22.0. The topological polar surface area (TPSA) is 124 Å². The molecule has 0 saturated heterocycles. The highest BCUT2D eigenvalue weighted by Crippen LogP contribution is 2.37. The summed E-state index contributed by atoms with van der Waals surface area (Å²) in [5.41, 5.74) is 0.444. The van der Waals surface area contributed by atoms with Gasteiger partial charge in [0.1, 0.15) is 0 Å². The lowest BCUT2D eigenvalue weighted by molar-refractivity contribution is -0.385. The molecule has 130 valence electrons. The molecule has 0 radical (unpaired) electrons. The Morgan fingerprint density at radius 2 is 1.80 bits per heavy atom. The number of non-ortho nitro benzene ring substituents is 1. The highest BCUT2D eigenvalue weighted by molar-refractivity contribution is 7.93. The predicted molar refractivity (Wildman–Crippen MR) is 89.2 cm³/mol. The van der Waals surface area contributed by atoms with Crippen molar-refractivity contribution in [3.05, 3.63) is 67.8 Å². The maximum absolute atomic E-state index is 13.0. The third-order valence-electron chi connectivity index (χ3n) is 4.15. The SMILES string of the molecule is Cc1c([N+](=O)[O-])cccc1S(=O)(=O)N1CCc2ccc([N+](=O)[O-])cc21. The van der Waals surface area contributed by atoms with Crippen LogP contribution < -0.4 is 4.31 Å². The van der Waals surface area contributed by atoms with E-state index in [0.717, 1.165) is 4.31 Å². The first-order valence-electron chi connectivity index (χ1n) is 7.27. The van der Waals surface area contributed by atoms with E-state index in [4.69, 9.17) is 0 Å². The Labute approximate surface area is 142 Å². The van der Waals surface area contributed by atoms with E-state index in [1.54, 1.807) is 0 Å². The Balaban J connectivity index is 2.13. The van der Waals surface area contributed by atoms with Gasteiger partial charge in [-0.1, -0.05) is 12.1 Å². The zero-order valence-corrected chi connectivity index (χ0v) is 13.9. The molecule has 25 heavy (non-hydrogen) atoms. The number of fused-ring (bicyclic) bond motifs is 1. The third-order valence-corrected chi connectivity index (χ3v) is 6.11. The fourth-order valence-corrected chi connectivity index (χ4v) is 4.64. The van der Waals surface area contributed by atoms with Crippen LogP contribution in [0.4, 0.5) is 17.1 Å². The average molecular weight is 363 g/mol. The van der Waals surface area contributed by atoms with E-state index >= 15 is 0 Å². The number of hydrogen-bond donors (Lipinski definition) is 0. The van der Waals surface area contributed by atoms with E-state index in [1.807, 2.05) is 0 Å². The number of hydrogen-bond acceptors (Lipinski definition) is 6. The lowest BCUT2D eigenvalue weighted by Gasteiger charge is -2.20. The highest BCUT2D eigenvalue weighted by atomic mass is 32.2. The van der Waals surface area contributed by atoms with E-state index in [0.29, 0.717) is 12.0 Å². The summed E-state index contributed by atoms with van der Waals surface area (Å²) in [6.07, 6.45) is 0.417. The molecule has 0 bridgehead atoms. The lowest BCUT2D eigenvalue weighted by Crippen LogP contribution is -2.29. The predicted octanol–water partition coefficient (Wildman–Crippen LogP) is 2.56. The summed E-state index contributed by atoms with van der Waals surface area (Å²) in [6.45, 7) is 1.50. The van der Waals surface area contributed by atoms with E-state index < -0.39 is 19.9 Å². The quantitative estimate of drug-likeness (QED) is 0.607. The van der Waals surface area contributed by atoms with Gasteiger partial charge in [-0.15, -0.1) is 0 Å². The summed E-state index contributed by atoms with van der Waals surface area (Å²) in [4.78, 5) is 20.6. The van der Waals surface area contributed by atoms with Crippen molar-refractivity contribution in [1.82, 2.24) is 0 Å². The molecule has 3 rings (SSSR count). The van der Waals surface area contributed by atoms with Crippen molar-refractivity contribution in [1.29, 1.82) is 0 Å². The van der Waals surface area contributed by atoms with Gasteiger partial charge in [-0.25, -0.2) is 8.42 Å². The second-order valence-corrected chi connectivity index (χ2v) is 7.39. The molecule has 0 spiro atoms. The smallest absolute Gasteiger partial charge is 0.265 e. The van der Waals surface area contributed by atoms with E-state index in [-0.39, 0.29) is 34.1 Å². The van der Waals surface area contributed by atoms with Gasteiger partial charge >= 0.3 is 0 Å². The van der Waals surface area contributed by atoms with Crippen LogP contribution in [0.2, 0.25) is 0 Å². The minimum Gasteiger partial charge on any atom is -0.265 e. The van der Waals surface area contributed by atoms with Crippen LogP contribution in [0.15, 0.2) is 41.3 Å². The minimum atomic E-state index is -4.07. The first-order chi connectivity index (χ1) is 11.7. The van der Waals surface area contributed by atoms with Gasteiger partial charge in [0, 0.05) is 30.3 Å². The lowest BCUT2D eigenvalue weighted by atomic mass is 10.1. The fraction of sp³-hybridized carbons (Fsp3) is 0.200. The Kier molecular flexibility index (Phi) is 3.91. The number of nitrogens with zero attached hydrogens (tertiary/aromatic N) is 3. The summed E-state index contributed by atoms with van der Waals surface area (Å²) in [6, 6.07) is 7.91. The van der Waals surface area contributed by atoms with E-state index in [2.05, 4.69) is 0 Å². The van der Waals surface area contributed by atoms with Crippen LogP contribution in [-0.2, 0) is 16.4 Å². The van der Waals surface area contributed by atoms with Crippen molar-refractivity contribution in [3.8, 4) is 0 Å². The van der Waals surface area contributed by atoms with Crippen LogP contribution in [-0.4, -0.2) is 24.8 Å². The van der Waals surface area contributed by atoms with Crippen molar-refractivity contribution in [2.75, 3.05) is 10.8 Å². The number of sulfonamides is 1. The van der Waals surface area contributed by atoms with Gasteiger partial charge in [0.2, 0.25) is 0 Å². The molecule has 0 atom stereocenters. The summed E-state index contributed by atoms with van der Waals surface area (Å²) in [7, 11) is -4.07. The molecule has 1 aliphatic heterocycles. The Bertz CT molecular complexity index is 1000. The zero-order valence-electron chi connectivity index (χ0n) is 13.1. The number of nitro groups is 2. The van der Waals surface area contributed by atoms with Gasteiger partial charge < -0.3 is 0 Å². The Morgan fingerprint density at radius 1 is 1.08 bits per heavy atom. The largest absolute Gasteiger partial charge is 0.273 e. The molecule has 10 heteroatoms. The highest BCUT2D eigenvalue weighted by Gasteiger charge is 2.34. The second-order valence-electron chi connectivity index (χ2n) is 5.55. The maximum Gasteiger partial charge on any atom is 0.273 e. The normalized spacial score (nSPS) is 13.6. The van der Waals surface area contributed by atoms with Crippen LogP contribution in [0, 0.1) is 27.2 Å². The van der Waals surface area contributed by atoms with Crippen molar-refractivity contribution in [3.63, 3.8) is 0 Å². The standard InChI is InChI=1S/C15H13N3O6S/c1-10-13(18(21)22)3-2-4-15(10)25(23,24)16-8-7-11-5-6-12(17(19)20)9-14(11)16/h2-6,9H,7-8H2,1H3. The molecule has 0 aliphatic carbocycles. The molecule has 0 fully saturated rings. The van der Waals surface area contributed by atoms with Crippen LogP contribution in [0.25, 0.3) is 0 Å². The Morgan fingerprint density at radius 3 is 2.44 bits per heavy atom. The number of anilines is 1. The van der Waals surface area contributed by atoms with E-state index in [1.165, 1.54) is 43.3 Å². The van der Waals surface area contributed by atoms with Gasteiger partial charge in [-0.3, -0.25) is 24.5 Å². The van der Waals surface area contributed by atoms with Gasteiger partial charge in [0.05, 0.1) is 20.4 Å². The monoisotopic (exact) mass is 363 g/mol. The molecule has 1 heterocycles. The van der Waals surface area contributed by atoms with E-state index in [9.17, 15) is 28.6 Å². The molecule has 0 amide bonds. The van der Waals surface area contributed by atoms with Crippen molar-refractivity contribution < 1.29 is 18.3 Å². The summed E-state index contributed by atoms with van der Waals surface area (Å²) < 4.78 is 27.1. The molecule has 2 aromatic carbocycles. The third kappa shape index (κ3) is 2.70. The fourth-order valence-electron chi connectivity index (χ4n) is 2.90. The van der Waals surface area contributed by atoms with Gasteiger partial charge in [-0.2, -0.15) is 0 Å². The molecule has 0 saturated carbocycles. The summed E-state index contributed by atoms with van der Waals surface area (Å²) in [5.74, 6) is 0. The first-order valence-corrected chi connectivity index (χ1v) is 8.71. The molecule has 2 aromatic rings. The van der Waals surface area contributed by atoms with Crippen LogP contribution in [0.3, 0.4) is 0 Å². The molecule has 0 unspecified atom stereocenters. The molecular formula is C15H13N3O6S. The molecule has 9 nitrogen and oxygen atoms in total. The Hall–Kier alpha value is -3.01. The molecular weight excluding hydrogens is 350 g/mol. The minimum absolute atomic E-state index is 0.0337. The second kappa shape index (κ2) is 5.81. The van der Waals surface area contributed by atoms with Gasteiger partial charge in [0.15, 0.2) is 0 Å². The maximum atomic E-state index is 13.0. The van der Waals surface area contributed by atoms with Crippen LogP contribution in [0.1, 0.15) is 11.1 Å². The molecule has 1 aliphatic rings. The molecule has 0 N–H and O–H groups in total. The van der Waals surface area contributed by atoms with Crippen molar-refractivity contribution in [2.45, 2.75) is 18.2 Å². The van der Waals surface area contributed by atoms with Crippen LogP contribution in [0.5, 0.6) is 0 Å².